The van der Waals surface area contributed by atoms with E-state index < -0.39 is 0 Å². The van der Waals surface area contributed by atoms with Crippen LogP contribution in [0, 0.1) is 5.92 Å². The van der Waals surface area contributed by atoms with Crippen LogP contribution in [0.25, 0.3) is 10.9 Å². The maximum atomic E-state index is 12.2. The summed E-state index contributed by atoms with van der Waals surface area (Å²) in [7, 11) is 0. The first-order valence-electron chi connectivity index (χ1n) is 9.07. The van der Waals surface area contributed by atoms with E-state index in [2.05, 4.69) is 27.0 Å². The SMILES string of the molecule is CC(C)Oc1ncnc2ccc(N3CCN(C(=O)C4CC4)CC3)cc12. The van der Waals surface area contributed by atoms with Gasteiger partial charge in [-0.05, 0) is 44.9 Å². The Morgan fingerprint density at radius 3 is 2.60 bits per heavy atom. The number of nitrogens with zero attached hydrogens (tertiary/aromatic N) is 4. The fraction of sp³-hybridized carbons (Fsp3) is 0.526. The Morgan fingerprint density at radius 2 is 1.92 bits per heavy atom. The predicted molar refractivity (Wildman–Crippen MR) is 96.8 cm³/mol. The van der Waals surface area contributed by atoms with Crippen molar-refractivity contribution in [2.45, 2.75) is 32.8 Å². The summed E-state index contributed by atoms with van der Waals surface area (Å²) in [5.74, 6) is 1.28. The third-order valence-electron chi connectivity index (χ3n) is 4.81. The van der Waals surface area contributed by atoms with Crippen molar-refractivity contribution in [2.24, 2.45) is 5.92 Å². The number of hydrogen-bond acceptors (Lipinski definition) is 5. The zero-order valence-corrected chi connectivity index (χ0v) is 14.8. The zero-order chi connectivity index (χ0) is 17.4. The van der Waals surface area contributed by atoms with E-state index in [-0.39, 0.29) is 6.10 Å². The van der Waals surface area contributed by atoms with E-state index in [1.165, 1.54) is 0 Å². The van der Waals surface area contributed by atoms with E-state index in [1.54, 1.807) is 6.33 Å². The molecule has 0 bridgehead atoms. The standard InChI is InChI=1S/C19H24N4O2/c1-13(2)25-18-16-11-15(5-6-17(16)20-12-21-18)22-7-9-23(10-8-22)19(24)14-3-4-14/h5-6,11-14H,3-4,7-10H2,1-2H3. The van der Waals surface area contributed by atoms with Gasteiger partial charge in [0.15, 0.2) is 0 Å². The van der Waals surface area contributed by atoms with Gasteiger partial charge in [-0.1, -0.05) is 0 Å². The fourth-order valence-electron chi connectivity index (χ4n) is 3.31. The van der Waals surface area contributed by atoms with Gasteiger partial charge in [-0.15, -0.1) is 0 Å². The van der Waals surface area contributed by atoms with Crippen LogP contribution < -0.4 is 9.64 Å². The molecule has 1 aromatic carbocycles. The highest BCUT2D eigenvalue weighted by Crippen LogP contribution is 2.32. The molecule has 25 heavy (non-hydrogen) atoms. The Labute approximate surface area is 147 Å². The minimum Gasteiger partial charge on any atom is -0.474 e. The number of anilines is 1. The second-order valence-corrected chi connectivity index (χ2v) is 7.13. The number of hydrogen-bond donors (Lipinski definition) is 0. The van der Waals surface area contributed by atoms with Gasteiger partial charge in [0.1, 0.15) is 6.33 Å². The Bertz CT molecular complexity index is 780. The van der Waals surface area contributed by atoms with Crippen LogP contribution in [0.15, 0.2) is 24.5 Å². The van der Waals surface area contributed by atoms with Crippen molar-refractivity contribution in [1.29, 1.82) is 0 Å². The molecule has 1 aromatic heterocycles. The third kappa shape index (κ3) is 3.38. The molecule has 4 rings (SSSR count). The van der Waals surface area contributed by atoms with Crippen molar-refractivity contribution in [1.82, 2.24) is 14.9 Å². The molecule has 2 aromatic rings. The molecule has 0 radical (unpaired) electrons. The Morgan fingerprint density at radius 1 is 1.16 bits per heavy atom. The lowest BCUT2D eigenvalue weighted by Crippen LogP contribution is -2.49. The number of carbonyl (C=O) groups is 1. The molecule has 6 nitrogen and oxygen atoms in total. The molecular weight excluding hydrogens is 316 g/mol. The predicted octanol–water partition coefficient (Wildman–Crippen LogP) is 2.48. The van der Waals surface area contributed by atoms with Gasteiger partial charge in [0.25, 0.3) is 0 Å². The minimum absolute atomic E-state index is 0.0683. The molecule has 0 unspecified atom stereocenters. The quantitative estimate of drug-likeness (QED) is 0.856. The second kappa shape index (κ2) is 6.50. The lowest BCUT2D eigenvalue weighted by Gasteiger charge is -2.36. The molecule has 1 saturated heterocycles. The number of rotatable bonds is 4. The van der Waals surface area contributed by atoms with E-state index >= 15 is 0 Å². The van der Waals surface area contributed by atoms with Crippen LogP contribution in [-0.4, -0.2) is 53.1 Å². The molecule has 6 heteroatoms. The normalized spacial score (nSPS) is 18.0. The number of amides is 1. The first kappa shape index (κ1) is 16.1. The molecule has 1 aliphatic carbocycles. The maximum Gasteiger partial charge on any atom is 0.225 e. The molecule has 132 valence electrons. The van der Waals surface area contributed by atoms with Crippen LogP contribution >= 0.6 is 0 Å². The highest BCUT2D eigenvalue weighted by atomic mass is 16.5. The van der Waals surface area contributed by atoms with Gasteiger partial charge in [0, 0.05) is 37.8 Å². The lowest BCUT2D eigenvalue weighted by molar-refractivity contribution is -0.132. The number of aromatic nitrogens is 2. The smallest absolute Gasteiger partial charge is 0.225 e. The van der Waals surface area contributed by atoms with Gasteiger partial charge in [-0.25, -0.2) is 9.97 Å². The highest BCUT2D eigenvalue weighted by Gasteiger charge is 2.34. The molecule has 0 N–H and O–H groups in total. The van der Waals surface area contributed by atoms with Gasteiger partial charge in [-0.2, -0.15) is 0 Å². The van der Waals surface area contributed by atoms with Crippen LogP contribution in [0.4, 0.5) is 5.69 Å². The largest absolute Gasteiger partial charge is 0.474 e. The zero-order valence-electron chi connectivity index (χ0n) is 14.8. The molecule has 1 saturated carbocycles. The van der Waals surface area contributed by atoms with Gasteiger partial charge >= 0.3 is 0 Å². The molecular formula is C19H24N4O2. The van der Waals surface area contributed by atoms with Crippen molar-refractivity contribution in [3.8, 4) is 5.88 Å². The second-order valence-electron chi connectivity index (χ2n) is 7.13. The summed E-state index contributed by atoms with van der Waals surface area (Å²) in [5, 5.41) is 0.935. The molecule has 2 aliphatic rings. The van der Waals surface area contributed by atoms with E-state index in [0.29, 0.717) is 17.7 Å². The molecule has 1 aliphatic heterocycles. The van der Waals surface area contributed by atoms with Crippen LogP contribution in [0.1, 0.15) is 26.7 Å². The maximum absolute atomic E-state index is 12.2. The highest BCUT2D eigenvalue weighted by molar-refractivity contribution is 5.87. The molecule has 2 fully saturated rings. The average molecular weight is 340 g/mol. The van der Waals surface area contributed by atoms with Crippen molar-refractivity contribution in [3.63, 3.8) is 0 Å². The van der Waals surface area contributed by atoms with Gasteiger partial charge in [0.05, 0.1) is 17.0 Å². The fourth-order valence-corrected chi connectivity index (χ4v) is 3.31. The van der Waals surface area contributed by atoms with Crippen molar-refractivity contribution in [3.05, 3.63) is 24.5 Å². The summed E-state index contributed by atoms with van der Waals surface area (Å²) >= 11 is 0. The molecule has 2 heterocycles. The van der Waals surface area contributed by atoms with E-state index in [0.717, 1.165) is 55.6 Å². The van der Waals surface area contributed by atoms with Gasteiger partial charge in [0.2, 0.25) is 11.8 Å². The van der Waals surface area contributed by atoms with Crippen molar-refractivity contribution in [2.75, 3.05) is 31.1 Å². The van der Waals surface area contributed by atoms with Crippen LogP contribution in [0.2, 0.25) is 0 Å². The summed E-state index contributed by atoms with van der Waals surface area (Å²) in [4.78, 5) is 25.2. The first-order chi connectivity index (χ1) is 12.1. The number of carbonyl (C=O) groups excluding carboxylic acids is 1. The number of ether oxygens (including phenoxy) is 1. The monoisotopic (exact) mass is 340 g/mol. The average Bonchev–Trinajstić information content (AvgIpc) is 3.46. The van der Waals surface area contributed by atoms with E-state index in [4.69, 9.17) is 4.74 Å². The van der Waals surface area contributed by atoms with Crippen LogP contribution in [-0.2, 0) is 4.79 Å². The lowest BCUT2D eigenvalue weighted by atomic mass is 10.1. The van der Waals surface area contributed by atoms with Crippen molar-refractivity contribution < 1.29 is 9.53 Å². The third-order valence-corrected chi connectivity index (χ3v) is 4.81. The Hall–Kier alpha value is -2.37. The van der Waals surface area contributed by atoms with Gasteiger partial charge < -0.3 is 14.5 Å². The topological polar surface area (TPSA) is 58.6 Å². The summed E-state index contributed by atoms with van der Waals surface area (Å²) < 4.78 is 5.83. The first-order valence-corrected chi connectivity index (χ1v) is 9.07. The number of piperazine rings is 1. The van der Waals surface area contributed by atoms with Crippen LogP contribution in [0.3, 0.4) is 0 Å². The van der Waals surface area contributed by atoms with E-state index in [9.17, 15) is 4.79 Å². The molecule has 0 atom stereocenters. The Balaban J connectivity index is 1.52. The van der Waals surface area contributed by atoms with Crippen molar-refractivity contribution >= 4 is 22.5 Å². The minimum atomic E-state index is 0.0683. The van der Waals surface area contributed by atoms with E-state index in [1.807, 2.05) is 24.8 Å². The number of benzene rings is 1. The summed E-state index contributed by atoms with van der Waals surface area (Å²) in [6, 6.07) is 6.21. The summed E-state index contributed by atoms with van der Waals surface area (Å²) in [5.41, 5.74) is 2.02. The molecule has 0 spiro atoms. The molecule has 1 amide bonds. The summed E-state index contributed by atoms with van der Waals surface area (Å²) in [6.07, 6.45) is 3.76. The Kier molecular flexibility index (Phi) is 4.19. The summed E-state index contributed by atoms with van der Waals surface area (Å²) in [6.45, 7) is 7.31. The number of fused-ring (bicyclic) bond motifs is 1. The van der Waals surface area contributed by atoms with Crippen LogP contribution in [0.5, 0.6) is 5.88 Å². The van der Waals surface area contributed by atoms with Gasteiger partial charge in [-0.3, -0.25) is 4.79 Å².